The molecule has 4 aromatic rings. The van der Waals surface area contributed by atoms with Gasteiger partial charge >= 0.3 is 6.03 Å². The van der Waals surface area contributed by atoms with Crippen LogP contribution in [0.15, 0.2) is 56.7 Å². The summed E-state index contributed by atoms with van der Waals surface area (Å²) in [7, 11) is 3.44. The molecule has 0 radical (unpaired) electrons. The molecule has 3 aliphatic rings. The second kappa shape index (κ2) is 21.0. The van der Waals surface area contributed by atoms with Gasteiger partial charge in [0.05, 0.1) is 36.1 Å². The van der Waals surface area contributed by atoms with Gasteiger partial charge in [0.15, 0.2) is 5.52 Å². The van der Waals surface area contributed by atoms with Crippen LogP contribution in [0.25, 0.3) is 22.4 Å². The summed E-state index contributed by atoms with van der Waals surface area (Å²) in [6.07, 6.45) is 10.1. The number of hydrogen-bond acceptors (Lipinski definition) is 14. The maximum atomic E-state index is 13.7. The zero-order chi connectivity index (χ0) is 44.6. The van der Waals surface area contributed by atoms with Crippen LogP contribution >= 0.6 is 23.9 Å². The van der Waals surface area contributed by atoms with Gasteiger partial charge in [-0.2, -0.15) is 5.10 Å². The Morgan fingerprint density at radius 3 is 2.29 bits per heavy atom. The summed E-state index contributed by atoms with van der Waals surface area (Å²) < 4.78 is 18.3. The molecular formula is C44H60N12O5S2. The van der Waals surface area contributed by atoms with Gasteiger partial charge < -0.3 is 40.0 Å². The van der Waals surface area contributed by atoms with E-state index in [9.17, 15) is 14.4 Å². The van der Waals surface area contributed by atoms with Gasteiger partial charge in [-0.1, -0.05) is 50.8 Å². The second-order valence-corrected chi connectivity index (χ2v) is 18.2. The Morgan fingerprint density at radius 2 is 1.62 bits per heavy atom. The van der Waals surface area contributed by atoms with E-state index >= 15 is 0 Å². The third kappa shape index (κ3) is 10.5. The maximum absolute atomic E-state index is 13.7. The van der Waals surface area contributed by atoms with Gasteiger partial charge in [0.2, 0.25) is 0 Å². The first-order valence-corrected chi connectivity index (χ1v) is 23.7. The number of ether oxygens (including phenoxy) is 2. The van der Waals surface area contributed by atoms with Crippen molar-refractivity contribution in [3.05, 3.63) is 80.1 Å². The second-order valence-electron chi connectivity index (χ2n) is 15.7. The molecule has 338 valence electrons. The van der Waals surface area contributed by atoms with Crippen LogP contribution in [0.2, 0.25) is 0 Å². The van der Waals surface area contributed by atoms with Gasteiger partial charge in [0, 0.05) is 76.6 Å². The Hall–Kier alpha value is -5.11. The lowest BCUT2D eigenvalue weighted by molar-refractivity contribution is 0.122. The van der Waals surface area contributed by atoms with Crippen molar-refractivity contribution in [3.8, 4) is 17.1 Å². The van der Waals surface area contributed by atoms with Crippen molar-refractivity contribution in [3.63, 3.8) is 0 Å². The average molecular weight is 901 g/mol. The Morgan fingerprint density at radius 1 is 0.905 bits per heavy atom. The number of hydrogen-bond donors (Lipinski definition) is 4. The number of piperazine rings is 2. The van der Waals surface area contributed by atoms with Crippen molar-refractivity contribution in [2.45, 2.75) is 75.9 Å². The molecule has 2 fully saturated rings. The molecule has 63 heavy (non-hydrogen) atoms. The van der Waals surface area contributed by atoms with Gasteiger partial charge in [0.25, 0.3) is 11.1 Å². The van der Waals surface area contributed by atoms with Crippen LogP contribution in [0.5, 0.6) is 5.75 Å². The highest BCUT2D eigenvalue weighted by atomic mass is 32.2. The minimum absolute atomic E-state index is 0.0767. The fourth-order valence-electron chi connectivity index (χ4n) is 8.15. The Kier molecular flexibility index (Phi) is 15.3. The molecule has 0 saturated carbocycles. The van der Waals surface area contributed by atoms with E-state index in [2.05, 4.69) is 54.1 Å². The highest BCUT2D eigenvalue weighted by Crippen LogP contribution is 2.36. The number of anilines is 1. The van der Waals surface area contributed by atoms with Gasteiger partial charge in [0.1, 0.15) is 40.1 Å². The number of aryl methyl sites for hydroxylation is 2. The molecule has 1 aromatic carbocycles. The fraction of sp³-hybridized carbons (Fsp3) is 0.523. The number of allylic oxidation sites excluding steroid dienone is 2. The van der Waals surface area contributed by atoms with Crippen LogP contribution in [0.3, 0.4) is 0 Å². The molecule has 0 bridgehead atoms. The number of fused-ring (bicyclic) bond motifs is 1. The van der Waals surface area contributed by atoms with Crippen molar-refractivity contribution in [2.75, 3.05) is 77.9 Å². The predicted molar refractivity (Wildman–Crippen MR) is 251 cm³/mol. The monoisotopic (exact) mass is 900 g/mol. The first kappa shape index (κ1) is 45.9. The van der Waals surface area contributed by atoms with Gasteiger partial charge in [-0.05, 0) is 69.3 Å². The van der Waals surface area contributed by atoms with Crippen molar-refractivity contribution in [1.29, 1.82) is 5.41 Å². The molecule has 2 aliphatic heterocycles. The van der Waals surface area contributed by atoms with E-state index in [4.69, 9.17) is 24.9 Å². The highest BCUT2D eigenvalue weighted by Gasteiger charge is 2.31. The van der Waals surface area contributed by atoms with E-state index in [0.717, 1.165) is 55.1 Å². The number of carbonyl (C=O) groups excluding carboxylic acids is 1. The number of nitrogens with zero attached hydrogens (tertiary/aromatic N) is 8. The summed E-state index contributed by atoms with van der Waals surface area (Å²) in [5.74, 6) is 1.97. The van der Waals surface area contributed by atoms with Crippen LogP contribution in [-0.2, 0) is 18.2 Å². The summed E-state index contributed by atoms with van der Waals surface area (Å²) in [6, 6.07) is 5.94. The summed E-state index contributed by atoms with van der Waals surface area (Å²) in [5, 5.41) is 16.2. The van der Waals surface area contributed by atoms with Gasteiger partial charge in [-0.25, -0.2) is 23.4 Å². The van der Waals surface area contributed by atoms with Gasteiger partial charge in [-0.15, -0.1) is 0 Å². The van der Waals surface area contributed by atoms with Crippen LogP contribution in [0.4, 0.5) is 10.5 Å². The molecule has 1 aliphatic carbocycles. The third-order valence-electron chi connectivity index (χ3n) is 11.2. The van der Waals surface area contributed by atoms with Gasteiger partial charge in [-0.3, -0.25) is 14.3 Å². The lowest BCUT2D eigenvalue weighted by Crippen LogP contribution is -2.55. The Balaban J connectivity index is 0.935. The average Bonchev–Trinajstić information content (AvgIpc) is 3.46. The number of amides is 2. The summed E-state index contributed by atoms with van der Waals surface area (Å²) in [4.78, 5) is 60.6. The van der Waals surface area contributed by atoms with Crippen LogP contribution < -0.4 is 21.2 Å². The Labute approximate surface area is 376 Å². The first-order chi connectivity index (χ1) is 30.5. The zero-order valence-electron chi connectivity index (χ0n) is 37.2. The predicted octanol–water partition coefficient (Wildman–Crippen LogP) is 6.01. The fourth-order valence-corrected chi connectivity index (χ4v) is 10.2. The number of aromatic nitrogens is 6. The maximum Gasteiger partial charge on any atom is 0.320 e. The third-order valence-corrected chi connectivity index (χ3v) is 13.6. The van der Waals surface area contributed by atoms with Crippen molar-refractivity contribution >= 4 is 52.4 Å². The quantitative estimate of drug-likeness (QED) is 0.0581. The molecule has 2 amide bonds. The molecule has 17 nitrogen and oxygen atoms in total. The molecule has 4 N–H and O–H groups in total. The number of H-pyrrole nitrogens is 2. The normalized spacial score (nSPS) is 18.7. The molecule has 0 spiro atoms. The lowest BCUT2D eigenvalue weighted by atomic mass is 10.1. The minimum atomic E-state index is -0.339. The number of benzene rings is 1. The SMILES string of the molecule is CCCC(=N)c1nc(-c2cc(SN3CCN(C(=O)N4CCN(SC5C=CC(c6nc7c(CCC)nn(C)c7c(=O)[nH]6)C(OCC)=CC5)CC4)CC3)ccc2OCC)[nH]c(=O)c1NC. The number of carbonyl (C=O) groups is 1. The van der Waals surface area contributed by atoms with E-state index in [0.29, 0.717) is 104 Å². The molecule has 7 rings (SSSR count). The number of urea groups is 1. The van der Waals surface area contributed by atoms with E-state index in [1.807, 2.05) is 48.8 Å². The zero-order valence-corrected chi connectivity index (χ0v) is 38.8. The molecule has 2 unspecified atom stereocenters. The smallest absolute Gasteiger partial charge is 0.320 e. The minimum Gasteiger partial charge on any atom is -0.497 e. The lowest BCUT2D eigenvalue weighted by Gasteiger charge is -2.40. The molecular weight excluding hydrogens is 841 g/mol. The molecule has 2 atom stereocenters. The first-order valence-electron chi connectivity index (χ1n) is 22.1. The van der Waals surface area contributed by atoms with Crippen LogP contribution in [0, 0.1) is 5.41 Å². The van der Waals surface area contributed by atoms with Crippen molar-refractivity contribution in [2.24, 2.45) is 7.05 Å². The molecule has 5 heterocycles. The summed E-state index contributed by atoms with van der Waals surface area (Å²) in [5.41, 5.74) is 2.99. The van der Waals surface area contributed by atoms with Crippen LogP contribution in [-0.4, -0.2) is 138 Å². The van der Waals surface area contributed by atoms with E-state index in [1.54, 1.807) is 42.7 Å². The number of aromatic amines is 2. The molecule has 2 saturated heterocycles. The van der Waals surface area contributed by atoms with Crippen molar-refractivity contribution < 1.29 is 14.3 Å². The molecule has 19 heteroatoms. The van der Waals surface area contributed by atoms with E-state index in [-0.39, 0.29) is 34.0 Å². The largest absolute Gasteiger partial charge is 0.497 e. The number of nitrogens with one attached hydrogen (secondary N) is 4. The summed E-state index contributed by atoms with van der Waals surface area (Å²) in [6.45, 7) is 14.4. The molecule has 3 aromatic heterocycles. The Bertz CT molecular complexity index is 2450. The van der Waals surface area contributed by atoms with E-state index < -0.39 is 0 Å². The van der Waals surface area contributed by atoms with Crippen LogP contribution in [0.1, 0.15) is 76.5 Å². The standard InChI is InChI=1S/C44H60N12O5S2/c1-7-11-32(45)36-38(46-5)42(57)49-41(47-36)31-27-29(15-18-35(31)61-10-4)63-56-25-21-54(22-26-56)44(59)53-19-23-55(24-20-53)62-28-13-16-30(34(17-14-28)60-9-3)40-48-37-33(12-8-2)51-52(6)39(37)43(58)50-40/h13,15-18,27-28,30,45-46H,7-12,14,19-26H2,1-6H3,(H,47,49,57)(H,48,50,58). The van der Waals surface area contributed by atoms with Crippen molar-refractivity contribution in [1.82, 2.24) is 48.1 Å². The van der Waals surface area contributed by atoms with E-state index in [1.165, 1.54) is 0 Å². The number of rotatable bonds is 16. The highest BCUT2D eigenvalue weighted by molar-refractivity contribution is 7.97. The topological polar surface area (TPSA) is 194 Å². The summed E-state index contributed by atoms with van der Waals surface area (Å²) >= 11 is 3.39.